The Bertz CT molecular complexity index is 201. The Kier molecular flexibility index (Phi) is 4.53. The van der Waals surface area contributed by atoms with Gasteiger partial charge in [0.25, 0.3) is 0 Å². The molecule has 0 radical (unpaired) electrons. The summed E-state index contributed by atoms with van der Waals surface area (Å²) in [5.41, 5.74) is 0. The first-order valence-corrected chi connectivity index (χ1v) is 4.03. The van der Waals surface area contributed by atoms with Gasteiger partial charge in [-0.25, -0.2) is 4.98 Å². The molecule has 4 heteroatoms. The van der Waals surface area contributed by atoms with E-state index in [0.29, 0.717) is 4.77 Å². The van der Waals surface area contributed by atoms with E-state index in [0.717, 1.165) is 5.01 Å². The summed E-state index contributed by atoms with van der Waals surface area (Å²) in [6.07, 6.45) is 0. The summed E-state index contributed by atoms with van der Waals surface area (Å²) >= 11 is 6.14. The van der Waals surface area contributed by atoms with Crippen molar-refractivity contribution in [2.75, 3.05) is 0 Å². The third-order valence-electron chi connectivity index (χ3n) is 0.545. The molecular formula is C5H10N2S2. The number of aromatic nitrogens is 2. The first-order valence-electron chi connectivity index (χ1n) is 2.81. The lowest BCUT2D eigenvalue weighted by molar-refractivity contribution is 1.22. The highest BCUT2D eigenvalue weighted by molar-refractivity contribution is 7.71. The highest BCUT2D eigenvalue weighted by Gasteiger charge is 1.82. The molecule has 0 spiro atoms. The lowest BCUT2D eigenvalue weighted by Gasteiger charge is -1.62. The normalized spacial score (nSPS) is 7.89. The molecule has 0 aliphatic heterocycles. The van der Waals surface area contributed by atoms with Gasteiger partial charge in [0.15, 0.2) is 0 Å². The Morgan fingerprint density at radius 2 is 2.11 bits per heavy atom. The molecule has 0 bridgehead atoms. The second-order valence-electron chi connectivity index (χ2n) is 1.14. The second kappa shape index (κ2) is 4.64. The van der Waals surface area contributed by atoms with Gasteiger partial charge in [0.2, 0.25) is 4.77 Å². The van der Waals surface area contributed by atoms with Gasteiger partial charge in [0.05, 0.1) is 0 Å². The number of hydrogen-bond donors (Lipinski definition) is 1. The third kappa shape index (κ3) is 3.37. The van der Waals surface area contributed by atoms with Gasteiger partial charge in [-0.15, -0.1) is 0 Å². The van der Waals surface area contributed by atoms with Crippen molar-refractivity contribution >= 4 is 23.8 Å². The van der Waals surface area contributed by atoms with Crippen LogP contribution >= 0.6 is 23.8 Å². The fraction of sp³-hybridized carbons (Fsp3) is 0.600. The van der Waals surface area contributed by atoms with Crippen LogP contribution in [0.3, 0.4) is 0 Å². The van der Waals surface area contributed by atoms with Crippen LogP contribution in [0, 0.1) is 11.7 Å². The molecule has 52 valence electrons. The molecule has 1 N–H and O–H groups in total. The van der Waals surface area contributed by atoms with Gasteiger partial charge in [-0.3, -0.25) is 4.37 Å². The Morgan fingerprint density at radius 1 is 1.56 bits per heavy atom. The van der Waals surface area contributed by atoms with Crippen molar-refractivity contribution in [1.82, 2.24) is 9.36 Å². The van der Waals surface area contributed by atoms with Gasteiger partial charge in [0.1, 0.15) is 5.01 Å². The van der Waals surface area contributed by atoms with E-state index >= 15 is 0 Å². The number of nitrogens with zero attached hydrogens (tertiary/aromatic N) is 1. The predicted molar refractivity (Wildman–Crippen MR) is 43.4 cm³/mol. The van der Waals surface area contributed by atoms with Gasteiger partial charge in [0, 0.05) is 0 Å². The van der Waals surface area contributed by atoms with Crippen LogP contribution in [0.2, 0.25) is 0 Å². The van der Waals surface area contributed by atoms with Crippen LogP contribution in [0.1, 0.15) is 18.9 Å². The molecule has 1 rings (SSSR count). The second-order valence-corrected chi connectivity index (χ2v) is 2.53. The van der Waals surface area contributed by atoms with Crippen LogP contribution in [0.5, 0.6) is 0 Å². The number of aryl methyl sites for hydroxylation is 1. The van der Waals surface area contributed by atoms with Crippen LogP contribution in [-0.4, -0.2) is 9.36 Å². The summed E-state index contributed by atoms with van der Waals surface area (Å²) in [5, 5.41) is 0.991. The zero-order valence-electron chi connectivity index (χ0n) is 5.76. The number of nitrogens with one attached hydrogen (secondary N) is 1. The summed E-state index contributed by atoms with van der Waals surface area (Å²) in [6, 6.07) is 0. The Morgan fingerprint density at radius 3 is 2.22 bits per heavy atom. The minimum atomic E-state index is 0.586. The Labute approximate surface area is 64.1 Å². The topological polar surface area (TPSA) is 28.7 Å². The molecule has 1 heterocycles. The van der Waals surface area contributed by atoms with Crippen molar-refractivity contribution in [3.63, 3.8) is 0 Å². The SMILES string of the molecule is CC.Cc1nc(=S)[nH]s1. The van der Waals surface area contributed by atoms with Crippen molar-refractivity contribution in [3.8, 4) is 0 Å². The summed E-state index contributed by atoms with van der Waals surface area (Å²) in [4.78, 5) is 3.89. The molecule has 0 unspecified atom stereocenters. The molecule has 1 aromatic heterocycles. The van der Waals surface area contributed by atoms with Crippen LogP contribution < -0.4 is 0 Å². The maximum Gasteiger partial charge on any atom is 0.207 e. The number of aromatic amines is 1. The predicted octanol–water partition coefficient (Wildman–Crippen LogP) is 2.54. The van der Waals surface area contributed by atoms with Crippen LogP contribution in [0.25, 0.3) is 0 Å². The van der Waals surface area contributed by atoms with Crippen LogP contribution in [0.4, 0.5) is 0 Å². The van der Waals surface area contributed by atoms with Crippen LogP contribution in [-0.2, 0) is 0 Å². The van der Waals surface area contributed by atoms with Gasteiger partial charge < -0.3 is 0 Å². The molecule has 0 fully saturated rings. The van der Waals surface area contributed by atoms with Crippen LogP contribution in [0.15, 0.2) is 0 Å². The van der Waals surface area contributed by atoms with E-state index in [4.69, 9.17) is 0 Å². The highest BCUT2D eigenvalue weighted by Crippen LogP contribution is 1.95. The fourth-order valence-electron chi connectivity index (χ4n) is 0.306. The lowest BCUT2D eigenvalue weighted by Crippen LogP contribution is -1.61. The molecule has 0 aliphatic carbocycles. The highest BCUT2D eigenvalue weighted by atomic mass is 32.1. The number of rotatable bonds is 0. The largest absolute Gasteiger partial charge is 0.285 e. The smallest absolute Gasteiger partial charge is 0.207 e. The minimum absolute atomic E-state index is 0.586. The maximum atomic E-state index is 4.68. The molecule has 0 aromatic carbocycles. The van der Waals surface area contributed by atoms with Gasteiger partial charge in [-0.1, -0.05) is 13.8 Å². The Balaban J connectivity index is 0.000000291. The van der Waals surface area contributed by atoms with E-state index in [1.807, 2.05) is 20.8 Å². The summed E-state index contributed by atoms with van der Waals surface area (Å²) in [7, 11) is 0. The summed E-state index contributed by atoms with van der Waals surface area (Å²) in [5.74, 6) is 0. The average Bonchev–Trinajstić information content (AvgIpc) is 2.20. The first kappa shape index (κ1) is 8.78. The molecule has 0 saturated heterocycles. The van der Waals surface area contributed by atoms with E-state index in [1.54, 1.807) is 0 Å². The minimum Gasteiger partial charge on any atom is -0.285 e. The Hall–Kier alpha value is -0.220. The first-order chi connectivity index (χ1) is 4.29. The number of H-pyrrole nitrogens is 1. The average molecular weight is 162 g/mol. The molecule has 0 saturated carbocycles. The fourth-order valence-corrected chi connectivity index (χ4v) is 1.04. The van der Waals surface area contributed by atoms with E-state index in [-0.39, 0.29) is 0 Å². The van der Waals surface area contributed by atoms with E-state index < -0.39 is 0 Å². The molecule has 0 aliphatic rings. The molecule has 9 heavy (non-hydrogen) atoms. The van der Waals surface area contributed by atoms with Crippen molar-refractivity contribution in [1.29, 1.82) is 0 Å². The lowest BCUT2D eigenvalue weighted by atomic mass is 10.8. The van der Waals surface area contributed by atoms with Gasteiger partial charge in [-0.05, 0) is 30.7 Å². The maximum absolute atomic E-state index is 4.68. The standard InChI is InChI=1S/C3H4N2S2.C2H6/c1-2-4-3(6)5-7-2;1-2/h1H3,(H,5,6);1-2H3. The zero-order valence-corrected chi connectivity index (χ0v) is 7.40. The van der Waals surface area contributed by atoms with E-state index in [1.165, 1.54) is 11.5 Å². The molecule has 0 amide bonds. The van der Waals surface area contributed by atoms with E-state index in [9.17, 15) is 0 Å². The van der Waals surface area contributed by atoms with E-state index in [2.05, 4.69) is 21.6 Å². The van der Waals surface area contributed by atoms with Crippen molar-refractivity contribution < 1.29 is 0 Å². The molecule has 2 nitrogen and oxygen atoms in total. The summed E-state index contributed by atoms with van der Waals surface area (Å²) < 4.78 is 3.40. The van der Waals surface area contributed by atoms with Gasteiger partial charge in [-0.2, -0.15) is 0 Å². The monoisotopic (exact) mass is 162 g/mol. The summed E-state index contributed by atoms with van der Waals surface area (Å²) in [6.45, 7) is 5.91. The van der Waals surface area contributed by atoms with Crippen molar-refractivity contribution in [2.45, 2.75) is 20.8 Å². The van der Waals surface area contributed by atoms with Crippen molar-refractivity contribution in [2.24, 2.45) is 0 Å². The van der Waals surface area contributed by atoms with Crippen molar-refractivity contribution in [3.05, 3.63) is 9.78 Å². The van der Waals surface area contributed by atoms with Gasteiger partial charge >= 0.3 is 0 Å². The molecule has 0 atom stereocenters. The third-order valence-corrected chi connectivity index (χ3v) is 1.55. The quantitative estimate of drug-likeness (QED) is 0.594. The zero-order chi connectivity index (χ0) is 7.28. The number of hydrogen-bond acceptors (Lipinski definition) is 3. The molecule has 1 aromatic rings. The molecular weight excluding hydrogens is 152 g/mol.